The molecule has 0 bridgehead atoms. The van der Waals surface area contributed by atoms with E-state index in [2.05, 4.69) is 52.6 Å². The van der Waals surface area contributed by atoms with Crippen LogP contribution in [0.2, 0.25) is 0 Å². The fourth-order valence-electron chi connectivity index (χ4n) is 3.54. The molecule has 0 aliphatic heterocycles. The second-order valence-electron chi connectivity index (χ2n) is 6.85. The first-order valence-corrected chi connectivity index (χ1v) is 8.66. The van der Waals surface area contributed by atoms with Crippen molar-refractivity contribution >= 4 is 21.9 Å². The molecule has 2 aromatic carbocycles. The molecule has 0 spiro atoms. The predicted molar refractivity (Wildman–Crippen MR) is 102 cm³/mol. The minimum atomic E-state index is -0.130. The van der Waals surface area contributed by atoms with Crippen LogP contribution in [0.25, 0.3) is 21.9 Å². The van der Waals surface area contributed by atoms with Gasteiger partial charge in [-0.3, -0.25) is 4.79 Å². The van der Waals surface area contributed by atoms with Crippen LogP contribution in [0.5, 0.6) is 0 Å². The van der Waals surface area contributed by atoms with Crippen LogP contribution in [0.15, 0.2) is 65.7 Å². The second kappa shape index (κ2) is 6.20. The van der Waals surface area contributed by atoms with E-state index >= 15 is 0 Å². The average molecular weight is 331 g/mol. The number of fused-ring (bicyclic) bond motifs is 3. The van der Waals surface area contributed by atoms with E-state index in [0.29, 0.717) is 11.4 Å². The predicted octanol–water partition coefficient (Wildman–Crippen LogP) is 4.32. The number of nitrogens with one attached hydrogen (secondary N) is 1. The maximum Gasteiger partial charge on any atom is 0.276 e. The third-order valence-corrected chi connectivity index (χ3v) is 4.85. The zero-order valence-corrected chi connectivity index (χ0v) is 14.4. The van der Waals surface area contributed by atoms with Gasteiger partial charge in [0.1, 0.15) is 0 Å². The number of hydrogen-bond donors (Lipinski definition) is 1. The Labute approximate surface area is 146 Å². The third-order valence-electron chi connectivity index (χ3n) is 4.85. The number of imidazole rings is 1. The molecule has 0 saturated heterocycles. The van der Waals surface area contributed by atoms with Crippen LogP contribution in [0.3, 0.4) is 0 Å². The van der Waals surface area contributed by atoms with Crippen LogP contribution >= 0.6 is 0 Å². The average Bonchev–Trinajstić information content (AvgIpc) is 3.06. The molecule has 4 nitrogen and oxygen atoms in total. The summed E-state index contributed by atoms with van der Waals surface area (Å²) in [6, 6.07) is 18.6. The molecule has 25 heavy (non-hydrogen) atoms. The van der Waals surface area contributed by atoms with Crippen molar-refractivity contribution in [3.63, 3.8) is 0 Å². The van der Waals surface area contributed by atoms with E-state index in [1.807, 2.05) is 36.7 Å². The number of aromatic amines is 1. The molecule has 2 heterocycles. The lowest BCUT2D eigenvalue weighted by molar-refractivity contribution is 0.382. The maximum absolute atomic E-state index is 12.4. The first-order valence-electron chi connectivity index (χ1n) is 8.66. The molecule has 1 unspecified atom stereocenters. The largest absolute Gasteiger partial charge is 0.326 e. The van der Waals surface area contributed by atoms with E-state index in [9.17, 15) is 4.79 Å². The highest BCUT2D eigenvalue weighted by Crippen LogP contribution is 2.29. The molecule has 0 radical (unpaired) electrons. The molecule has 4 heteroatoms. The molecule has 1 N–H and O–H groups in total. The van der Waals surface area contributed by atoms with Crippen molar-refractivity contribution in [3.8, 4) is 0 Å². The first-order chi connectivity index (χ1) is 12.1. The molecule has 2 aromatic heterocycles. The Balaban J connectivity index is 1.93. The van der Waals surface area contributed by atoms with Gasteiger partial charge in [-0.1, -0.05) is 62.4 Å². The van der Waals surface area contributed by atoms with Crippen molar-refractivity contribution in [2.24, 2.45) is 5.92 Å². The van der Waals surface area contributed by atoms with Gasteiger partial charge in [-0.25, -0.2) is 4.98 Å². The highest BCUT2D eigenvalue weighted by Gasteiger charge is 2.21. The third kappa shape index (κ3) is 2.74. The van der Waals surface area contributed by atoms with Crippen LogP contribution in [-0.4, -0.2) is 14.5 Å². The van der Waals surface area contributed by atoms with Gasteiger partial charge in [0, 0.05) is 11.4 Å². The van der Waals surface area contributed by atoms with E-state index < -0.39 is 0 Å². The molecule has 0 saturated carbocycles. The quantitative estimate of drug-likeness (QED) is 0.605. The molecule has 0 fully saturated rings. The van der Waals surface area contributed by atoms with E-state index in [-0.39, 0.29) is 11.6 Å². The number of aromatic nitrogens is 3. The lowest BCUT2D eigenvalue weighted by Crippen LogP contribution is -2.18. The number of H-pyrrole nitrogens is 1. The van der Waals surface area contributed by atoms with Gasteiger partial charge >= 0.3 is 0 Å². The van der Waals surface area contributed by atoms with E-state index in [0.717, 1.165) is 22.8 Å². The molecular weight excluding hydrogens is 310 g/mol. The number of rotatable bonds is 4. The summed E-state index contributed by atoms with van der Waals surface area (Å²) < 4.78 is 2.19. The molecule has 0 amide bonds. The van der Waals surface area contributed by atoms with Gasteiger partial charge < -0.3 is 9.55 Å². The van der Waals surface area contributed by atoms with Gasteiger partial charge in [-0.2, -0.15) is 0 Å². The van der Waals surface area contributed by atoms with Crippen molar-refractivity contribution in [1.29, 1.82) is 0 Å². The Hall–Kier alpha value is -2.88. The van der Waals surface area contributed by atoms with Gasteiger partial charge in [0.2, 0.25) is 0 Å². The summed E-state index contributed by atoms with van der Waals surface area (Å²) in [7, 11) is 0. The smallest absolute Gasteiger partial charge is 0.276 e. The van der Waals surface area contributed by atoms with Crippen LogP contribution < -0.4 is 5.56 Å². The van der Waals surface area contributed by atoms with Crippen LogP contribution in [-0.2, 0) is 6.42 Å². The van der Waals surface area contributed by atoms with Crippen molar-refractivity contribution in [2.75, 3.05) is 0 Å². The summed E-state index contributed by atoms with van der Waals surface area (Å²) in [5.41, 5.74) is 3.45. The fraction of sp³-hybridized carbons (Fsp3) is 0.238. The van der Waals surface area contributed by atoms with Gasteiger partial charge in [-0.05, 0) is 24.0 Å². The zero-order chi connectivity index (χ0) is 17.4. The molecule has 0 aliphatic rings. The second-order valence-corrected chi connectivity index (χ2v) is 6.85. The van der Waals surface area contributed by atoms with Gasteiger partial charge in [-0.15, -0.1) is 0 Å². The zero-order valence-electron chi connectivity index (χ0n) is 14.4. The molecule has 4 rings (SSSR count). The standard InChI is InChI=1S/C21H21N3O/c1-14(2)18(12-15-8-4-3-5-9-15)24-13-22-19-20(24)16-10-6-7-11-17(16)23-21(19)25/h3-11,13-14,18H,12H2,1-2H3,(H,23,25). The number of hydrogen-bond acceptors (Lipinski definition) is 2. The Kier molecular flexibility index (Phi) is 3.88. The normalized spacial score (nSPS) is 12.9. The number of benzene rings is 2. The summed E-state index contributed by atoms with van der Waals surface area (Å²) in [4.78, 5) is 19.8. The monoisotopic (exact) mass is 331 g/mol. The molecule has 0 aliphatic carbocycles. The van der Waals surface area contributed by atoms with E-state index in [4.69, 9.17) is 0 Å². The fourth-order valence-corrected chi connectivity index (χ4v) is 3.54. The maximum atomic E-state index is 12.4. The van der Waals surface area contributed by atoms with Crippen LogP contribution in [0, 0.1) is 5.92 Å². The Bertz CT molecular complexity index is 1080. The number of pyridine rings is 1. The van der Waals surface area contributed by atoms with Crippen LogP contribution in [0.1, 0.15) is 25.5 Å². The Morgan fingerprint density at radius 2 is 1.76 bits per heavy atom. The molecule has 4 aromatic rings. The lowest BCUT2D eigenvalue weighted by atomic mass is 9.96. The van der Waals surface area contributed by atoms with Gasteiger partial charge in [0.25, 0.3) is 5.56 Å². The minimum absolute atomic E-state index is 0.130. The lowest BCUT2D eigenvalue weighted by Gasteiger charge is -2.24. The van der Waals surface area contributed by atoms with Gasteiger partial charge in [0.05, 0.1) is 17.4 Å². The molecular formula is C21H21N3O. The van der Waals surface area contributed by atoms with Crippen LogP contribution in [0.4, 0.5) is 0 Å². The van der Waals surface area contributed by atoms with Crippen molar-refractivity contribution in [3.05, 3.63) is 76.8 Å². The van der Waals surface area contributed by atoms with Gasteiger partial charge in [0.15, 0.2) is 5.52 Å². The topological polar surface area (TPSA) is 50.7 Å². The first kappa shape index (κ1) is 15.6. The highest BCUT2D eigenvalue weighted by atomic mass is 16.1. The molecule has 126 valence electrons. The summed E-state index contributed by atoms with van der Waals surface area (Å²) in [5.74, 6) is 0.413. The number of para-hydroxylation sites is 1. The van der Waals surface area contributed by atoms with E-state index in [1.54, 1.807) is 0 Å². The molecule has 1 atom stereocenters. The SMILES string of the molecule is CC(C)C(Cc1ccccc1)n1cnc2c(=O)[nH]c3ccccc3c21. The summed E-state index contributed by atoms with van der Waals surface area (Å²) in [6.45, 7) is 4.43. The summed E-state index contributed by atoms with van der Waals surface area (Å²) in [6.07, 6.45) is 2.73. The highest BCUT2D eigenvalue weighted by molar-refractivity contribution is 6.01. The van der Waals surface area contributed by atoms with Crippen molar-refractivity contribution in [1.82, 2.24) is 14.5 Å². The van der Waals surface area contributed by atoms with E-state index in [1.165, 1.54) is 5.56 Å². The van der Waals surface area contributed by atoms with Crippen molar-refractivity contribution in [2.45, 2.75) is 26.3 Å². The Morgan fingerprint density at radius 1 is 1.04 bits per heavy atom. The van der Waals surface area contributed by atoms with Crippen molar-refractivity contribution < 1.29 is 0 Å². The Morgan fingerprint density at radius 3 is 2.52 bits per heavy atom. The number of nitrogens with zero attached hydrogens (tertiary/aromatic N) is 2. The summed E-state index contributed by atoms with van der Waals surface area (Å²) >= 11 is 0. The minimum Gasteiger partial charge on any atom is -0.326 e. The summed E-state index contributed by atoms with van der Waals surface area (Å²) in [5, 5.41) is 1.04.